The van der Waals surface area contributed by atoms with Crippen molar-refractivity contribution in [3.05, 3.63) is 58.9 Å². The minimum atomic E-state index is -0.0899. The first kappa shape index (κ1) is 21.9. The van der Waals surface area contributed by atoms with Gasteiger partial charge in [-0.15, -0.1) is 0 Å². The molecule has 1 fully saturated rings. The zero-order chi connectivity index (χ0) is 22.3. The summed E-state index contributed by atoms with van der Waals surface area (Å²) in [6, 6.07) is 12.2. The third-order valence-electron chi connectivity index (χ3n) is 7.69. The van der Waals surface area contributed by atoms with Gasteiger partial charge in [0.1, 0.15) is 0 Å². The maximum Gasteiger partial charge on any atom is 0.0801 e. The van der Waals surface area contributed by atoms with Crippen molar-refractivity contribution < 1.29 is 4.74 Å². The zero-order valence-electron chi connectivity index (χ0n) is 20.2. The maximum atomic E-state index is 5.99. The van der Waals surface area contributed by atoms with E-state index < -0.39 is 0 Å². The molecule has 0 radical (unpaired) electrons. The van der Waals surface area contributed by atoms with Crippen LogP contribution in [0.15, 0.2) is 36.5 Å². The molecule has 0 saturated carbocycles. The number of fused-ring (bicyclic) bond motifs is 2. The Labute approximate surface area is 193 Å². The molecule has 2 aliphatic heterocycles. The van der Waals surface area contributed by atoms with Crippen LogP contribution in [-0.2, 0) is 24.1 Å². The molecular formula is C27H38N4O. The number of likely N-dealkylation sites (N-methyl/N-ethyl adjacent to an activating group) is 2. The van der Waals surface area contributed by atoms with Gasteiger partial charge in [0.25, 0.3) is 0 Å². The molecule has 3 aliphatic rings. The zero-order valence-corrected chi connectivity index (χ0v) is 20.2. The van der Waals surface area contributed by atoms with Crippen molar-refractivity contribution in [3.63, 3.8) is 0 Å². The van der Waals surface area contributed by atoms with Crippen LogP contribution < -0.4 is 4.90 Å². The van der Waals surface area contributed by atoms with Gasteiger partial charge >= 0.3 is 0 Å². The molecule has 32 heavy (non-hydrogen) atoms. The van der Waals surface area contributed by atoms with E-state index in [0.29, 0.717) is 12.1 Å². The van der Waals surface area contributed by atoms with Crippen molar-refractivity contribution in [1.29, 1.82) is 0 Å². The standard InChI is InChI=1S/C27H38N4O/c1-27(2)19-31(14-15-32-27)24-11-6-9-21-17-29(3)22(16-23(21)24)18-30(4)25-12-5-8-20-10-7-13-28-26(20)25/h6-7,9-11,13,22,25H,5,8,12,14-19H2,1-4H3/t22-,25+/m1/s1. The van der Waals surface area contributed by atoms with Gasteiger partial charge in [0.05, 0.1) is 23.9 Å². The normalized spacial score (nSPS) is 25.5. The topological polar surface area (TPSA) is 31.8 Å². The Balaban J connectivity index is 1.36. The molecule has 1 aromatic heterocycles. The van der Waals surface area contributed by atoms with Crippen LogP contribution in [0.4, 0.5) is 5.69 Å². The van der Waals surface area contributed by atoms with Crippen molar-refractivity contribution in [2.75, 3.05) is 45.2 Å². The van der Waals surface area contributed by atoms with Crippen LogP contribution in [0.2, 0.25) is 0 Å². The number of hydrogen-bond donors (Lipinski definition) is 0. The lowest BCUT2D eigenvalue weighted by Gasteiger charge is -2.43. The third-order valence-corrected chi connectivity index (χ3v) is 7.69. The molecule has 5 rings (SSSR count). The van der Waals surface area contributed by atoms with Crippen molar-refractivity contribution in [2.24, 2.45) is 0 Å². The molecule has 0 spiro atoms. The molecule has 2 atom stereocenters. The lowest BCUT2D eigenvalue weighted by molar-refractivity contribution is -0.0277. The van der Waals surface area contributed by atoms with E-state index in [1.807, 2.05) is 6.20 Å². The first-order valence-electron chi connectivity index (χ1n) is 12.3. The number of benzene rings is 1. The van der Waals surface area contributed by atoms with Gasteiger partial charge in [0.2, 0.25) is 0 Å². The molecule has 3 heterocycles. The van der Waals surface area contributed by atoms with E-state index in [1.54, 1.807) is 5.56 Å². The molecule has 5 nitrogen and oxygen atoms in total. The summed E-state index contributed by atoms with van der Waals surface area (Å²) in [4.78, 5) is 12.5. The molecule has 1 aliphatic carbocycles. The second-order valence-corrected chi connectivity index (χ2v) is 10.6. The molecule has 172 valence electrons. The van der Waals surface area contributed by atoms with Crippen molar-refractivity contribution in [1.82, 2.24) is 14.8 Å². The van der Waals surface area contributed by atoms with Gasteiger partial charge in [-0.3, -0.25) is 14.8 Å². The minimum absolute atomic E-state index is 0.0899. The van der Waals surface area contributed by atoms with E-state index in [-0.39, 0.29) is 5.60 Å². The molecule has 2 aromatic rings. The number of aryl methyl sites for hydroxylation is 1. The van der Waals surface area contributed by atoms with E-state index >= 15 is 0 Å². The van der Waals surface area contributed by atoms with Gasteiger partial charge in [-0.25, -0.2) is 0 Å². The number of aromatic nitrogens is 1. The van der Waals surface area contributed by atoms with Gasteiger partial charge < -0.3 is 9.64 Å². The lowest BCUT2D eigenvalue weighted by atomic mass is 9.89. The fourth-order valence-electron chi connectivity index (χ4n) is 5.99. The fraction of sp³-hybridized carbons (Fsp3) is 0.593. The number of rotatable bonds is 4. The van der Waals surface area contributed by atoms with Gasteiger partial charge in [-0.1, -0.05) is 18.2 Å². The number of ether oxygens (including phenoxy) is 1. The first-order chi connectivity index (χ1) is 15.4. The van der Waals surface area contributed by atoms with E-state index in [0.717, 1.165) is 39.2 Å². The number of pyridine rings is 1. The molecule has 5 heteroatoms. The summed E-state index contributed by atoms with van der Waals surface area (Å²) in [5.74, 6) is 0. The van der Waals surface area contributed by atoms with Crippen molar-refractivity contribution in [3.8, 4) is 0 Å². The molecule has 0 amide bonds. The van der Waals surface area contributed by atoms with Crippen LogP contribution >= 0.6 is 0 Å². The molecule has 0 bridgehead atoms. The van der Waals surface area contributed by atoms with E-state index in [4.69, 9.17) is 9.72 Å². The fourth-order valence-corrected chi connectivity index (χ4v) is 5.99. The molecular weight excluding hydrogens is 396 g/mol. The first-order valence-corrected chi connectivity index (χ1v) is 12.3. The highest BCUT2D eigenvalue weighted by Gasteiger charge is 2.33. The molecule has 1 aromatic carbocycles. The summed E-state index contributed by atoms with van der Waals surface area (Å²) in [5.41, 5.74) is 7.10. The van der Waals surface area contributed by atoms with Crippen molar-refractivity contribution >= 4 is 5.69 Å². The van der Waals surface area contributed by atoms with Crippen LogP contribution in [0.3, 0.4) is 0 Å². The summed E-state index contributed by atoms with van der Waals surface area (Å²) in [6.45, 7) is 9.23. The summed E-state index contributed by atoms with van der Waals surface area (Å²) in [7, 11) is 4.59. The van der Waals surface area contributed by atoms with E-state index in [9.17, 15) is 0 Å². The Kier molecular flexibility index (Phi) is 5.99. The Morgan fingerprint density at radius 2 is 2.03 bits per heavy atom. The number of anilines is 1. The molecule has 0 N–H and O–H groups in total. The SMILES string of the molecule is CN1Cc2cccc(N3CCOC(C)(C)C3)c2C[C@@H]1CN(C)[C@H]1CCCc2cccnc21. The van der Waals surface area contributed by atoms with Crippen LogP contribution in [0, 0.1) is 0 Å². The Hall–Kier alpha value is -1.95. The average Bonchev–Trinajstić information content (AvgIpc) is 2.78. The van der Waals surface area contributed by atoms with E-state index in [2.05, 4.69) is 73.0 Å². The average molecular weight is 435 g/mol. The smallest absolute Gasteiger partial charge is 0.0801 e. The van der Waals surface area contributed by atoms with Gasteiger partial charge in [0, 0.05) is 44.1 Å². The second-order valence-electron chi connectivity index (χ2n) is 10.6. The van der Waals surface area contributed by atoms with Crippen LogP contribution in [0.1, 0.15) is 55.1 Å². The van der Waals surface area contributed by atoms with Crippen LogP contribution in [-0.4, -0.2) is 66.8 Å². The van der Waals surface area contributed by atoms with Gasteiger partial charge in [-0.2, -0.15) is 0 Å². The summed E-state index contributed by atoms with van der Waals surface area (Å²) >= 11 is 0. The predicted molar refractivity (Wildman–Crippen MR) is 130 cm³/mol. The minimum Gasteiger partial charge on any atom is -0.372 e. The summed E-state index contributed by atoms with van der Waals surface area (Å²) in [5, 5.41) is 0. The molecule has 1 saturated heterocycles. The Morgan fingerprint density at radius 3 is 2.88 bits per heavy atom. The largest absolute Gasteiger partial charge is 0.372 e. The number of nitrogens with zero attached hydrogens (tertiary/aromatic N) is 4. The number of hydrogen-bond acceptors (Lipinski definition) is 5. The lowest BCUT2D eigenvalue weighted by Crippen LogP contribution is -2.50. The van der Waals surface area contributed by atoms with Crippen LogP contribution in [0.5, 0.6) is 0 Å². The Bertz CT molecular complexity index is 958. The highest BCUT2D eigenvalue weighted by molar-refractivity contribution is 5.58. The van der Waals surface area contributed by atoms with Gasteiger partial charge in [0.15, 0.2) is 0 Å². The third kappa shape index (κ3) is 4.30. The quantitative estimate of drug-likeness (QED) is 0.724. The number of morpholine rings is 1. The maximum absolute atomic E-state index is 5.99. The van der Waals surface area contributed by atoms with Crippen LogP contribution in [0.25, 0.3) is 0 Å². The summed E-state index contributed by atoms with van der Waals surface area (Å²) in [6.07, 6.45) is 6.70. The highest BCUT2D eigenvalue weighted by atomic mass is 16.5. The van der Waals surface area contributed by atoms with E-state index in [1.165, 1.54) is 41.8 Å². The highest BCUT2D eigenvalue weighted by Crippen LogP contribution is 2.36. The molecule has 0 unspecified atom stereocenters. The Morgan fingerprint density at radius 1 is 1.19 bits per heavy atom. The predicted octanol–water partition coefficient (Wildman–Crippen LogP) is 4.06. The second kappa shape index (κ2) is 8.77. The summed E-state index contributed by atoms with van der Waals surface area (Å²) < 4.78 is 5.99. The van der Waals surface area contributed by atoms with Gasteiger partial charge in [-0.05, 0) is 82.4 Å². The monoisotopic (exact) mass is 434 g/mol. The van der Waals surface area contributed by atoms with Crippen molar-refractivity contribution in [2.45, 2.75) is 63.8 Å².